The fraction of sp³-hybridized carbons (Fsp3) is 0.450. The van der Waals surface area contributed by atoms with Crippen LogP contribution in [-0.2, 0) is 6.54 Å². The van der Waals surface area contributed by atoms with E-state index in [4.69, 9.17) is 11.6 Å². The Hall–Kier alpha value is -1.81. The Morgan fingerprint density at radius 1 is 1.08 bits per heavy atom. The fourth-order valence-electron chi connectivity index (χ4n) is 3.74. The summed E-state index contributed by atoms with van der Waals surface area (Å²) in [6.45, 7) is 2.34. The number of halogens is 2. The third-order valence-corrected chi connectivity index (χ3v) is 5.77. The molecule has 25 heavy (non-hydrogen) atoms. The van der Waals surface area contributed by atoms with Crippen molar-refractivity contribution < 1.29 is 4.39 Å². The van der Waals surface area contributed by atoms with Gasteiger partial charge in [-0.25, -0.2) is 4.39 Å². The minimum absolute atomic E-state index is 0.0951. The standard InChI is InChI=1S/C20H22ClFN2O/c21-19-18(9-12-24(20(19)25)13-14-5-6-14)23-10-7-15(8-11-23)16-3-1-2-4-17(16)22/h1-4,9,12,14-15H,5-8,10-11,13H2. The quantitative estimate of drug-likeness (QED) is 0.805. The van der Waals surface area contributed by atoms with Crippen LogP contribution in [0.4, 0.5) is 10.1 Å². The van der Waals surface area contributed by atoms with Crippen molar-refractivity contribution in [2.75, 3.05) is 18.0 Å². The largest absolute Gasteiger partial charge is 0.370 e. The highest BCUT2D eigenvalue weighted by atomic mass is 35.5. The summed E-state index contributed by atoms with van der Waals surface area (Å²) < 4.78 is 15.7. The van der Waals surface area contributed by atoms with E-state index in [0.29, 0.717) is 10.9 Å². The molecular formula is C20H22ClFN2O. The Kier molecular flexibility index (Phi) is 4.55. The zero-order chi connectivity index (χ0) is 17.4. The maximum Gasteiger partial charge on any atom is 0.271 e. The van der Waals surface area contributed by atoms with Crippen molar-refractivity contribution in [3.8, 4) is 0 Å². The highest BCUT2D eigenvalue weighted by molar-refractivity contribution is 6.33. The van der Waals surface area contributed by atoms with Gasteiger partial charge in [-0.15, -0.1) is 0 Å². The fourth-order valence-corrected chi connectivity index (χ4v) is 4.03. The number of hydrogen-bond donors (Lipinski definition) is 0. The number of rotatable bonds is 4. The van der Waals surface area contributed by atoms with Gasteiger partial charge < -0.3 is 9.47 Å². The van der Waals surface area contributed by atoms with Crippen molar-refractivity contribution in [1.82, 2.24) is 4.57 Å². The zero-order valence-electron chi connectivity index (χ0n) is 14.1. The minimum Gasteiger partial charge on any atom is -0.370 e. The van der Waals surface area contributed by atoms with Crippen LogP contribution in [0.1, 0.15) is 37.2 Å². The van der Waals surface area contributed by atoms with Gasteiger partial charge in [0.05, 0.1) is 5.69 Å². The number of anilines is 1. The topological polar surface area (TPSA) is 25.2 Å². The molecule has 2 heterocycles. The number of nitrogens with zero attached hydrogens (tertiary/aromatic N) is 2. The van der Waals surface area contributed by atoms with Gasteiger partial charge in [0.2, 0.25) is 0 Å². The van der Waals surface area contributed by atoms with E-state index in [1.54, 1.807) is 10.6 Å². The molecule has 0 spiro atoms. The van der Waals surface area contributed by atoms with Crippen molar-refractivity contribution in [3.63, 3.8) is 0 Å². The monoisotopic (exact) mass is 360 g/mol. The van der Waals surface area contributed by atoms with Crippen molar-refractivity contribution >= 4 is 17.3 Å². The first-order chi connectivity index (χ1) is 12.1. The van der Waals surface area contributed by atoms with Crippen LogP contribution in [0, 0.1) is 11.7 Å². The summed E-state index contributed by atoms with van der Waals surface area (Å²) in [4.78, 5) is 14.6. The second kappa shape index (κ2) is 6.83. The van der Waals surface area contributed by atoms with Gasteiger partial charge in [0.25, 0.3) is 5.56 Å². The van der Waals surface area contributed by atoms with E-state index in [1.165, 1.54) is 18.9 Å². The lowest BCUT2D eigenvalue weighted by atomic mass is 9.89. The van der Waals surface area contributed by atoms with Gasteiger partial charge in [-0.05, 0) is 55.2 Å². The van der Waals surface area contributed by atoms with E-state index in [0.717, 1.165) is 43.7 Å². The molecule has 0 radical (unpaired) electrons. The molecule has 0 N–H and O–H groups in total. The molecular weight excluding hydrogens is 339 g/mol. The molecule has 1 aromatic carbocycles. The van der Waals surface area contributed by atoms with Gasteiger partial charge in [-0.3, -0.25) is 4.79 Å². The molecule has 5 heteroatoms. The van der Waals surface area contributed by atoms with Gasteiger partial charge in [-0.1, -0.05) is 29.8 Å². The lowest BCUT2D eigenvalue weighted by molar-refractivity contribution is 0.481. The normalized spacial score (nSPS) is 18.6. The molecule has 1 aromatic heterocycles. The Labute approximate surface area is 152 Å². The maximum atomic E-state index is 14.0. The molecule has 1 saturated heterocycles. The third kappa shape index (κ3) is 3.45. The molecule has 1 aliphatic carbocycles. The second-order valence-corrected chi connectivity index (χ2v) is 7.58. The molecule has 0 bridgehead atoms. The van der Waals surface area contributed by atoms with Crippen LogP contribution >= 0.6 is 11.6 Å². The molecule has 4 rings (SSSR count). The first-order valence-electron chi connectivity index (χ1n) is 9.02. The van der Waals surface area contributed by atoms with Gasteiger partial charge >= 0.3 is 0 Å². The Morgan fingerprint density at radius 2 is 1.80 bits per heavy atom. The van der Waals surface area contributed by atoms with E-state index in [2.05, 4.69) is 4.90 Å². The summed E-state index contributed by atoms with van der Waals surface area (Å²) >= 11 is 6.38. The first kappa shape index (κ1) is 16.6. The van der Waals surface area contributed by atoms with Crippen LogP contribution in [0.5, 0.6) is 0 Å². The zero-order valence-corrected chi connectivity index (χ0v) is 14.9. The molecule has 3 nitrogen and oxygen atoms in total. The lowest BCUT2D eigenvalue weighted by Gasteiger charge is -2.34. The van der Waals surface area contributed by atoms with Crippen molar-refractivity contribution in [1.29, 1.82) is 0 Å². The SMILES string of the molecule is O=c1c(Cl)c(N2CCC(c3ccccc3F)CC2)ccn1CC1CC1. The summed E-state index contributed by atoms with van der Waals surface area (Å²) in [5, 5.41) is 0.312. The van der Waals surface area contributed by atoms with Gasteiger partial charge in [0.15, 0.2) is 0 Å². The number of benzene rings is 1. The van der Waals surface area contributed by atoms with Crippen LogP contribution in [0.15, 0.2) is 41.3 Å². The van der Waals surface area contributed by atoms with Crippen LogP contribution in [0.25, 0.3) is 0 Å². The van der Waals surface area contributed by atoms with E-state index in [9.17, 15) is 9.18 Å². The van der Waals surface area contributed by atoms with E-state index in [-0.39, 0.29) is 17.3 Å². The van der Waals surface area contributed by atoms with Crippen molar-refractivity contribution in [2.24, 2.45) is 5.92 Å². The smallest absolute Gasteiger partial charge is 0.271 e. The summed E-state index contributed by atoms with van der Waals surface area (Å²) in [5.41, 5.74) is 1.51. The molecule has 0 amide bonds. The molecule has 2 aliphatic rings. The molecule has 1 aliphatic heterocycles. The summed E-state index contributed by atoms with van der Waals surface area (Å²) in [5.74, 6) is 0.740. The van der Waals surface area contributed by atoms with Crippen molar-refractivity contribution in [3.05, 3.63) is 63.3 Å². The van der Waals surface area contributed by atoms with Gasteiger partial charge in [-0.2, -0.15) is 0 Å². The highest BCUT2D eigenvalue weighted by Gasteiger charge is 2.26. The van der Waals surface area contributed by atoms with E-state index in [1.807, 2.05) is 24.4 Å². The first-order valence-corrected chi connectivity index (χ1v) is 9.39. The lowest BCUT2D eigenvalue weighted by Crippen LogP contribution is -2.35. The van der Waals surface area contributed by atoms with Gasteiger partial charge in [0, 0.05) is 25.8 Å². The average Bonchev–Trinajstić information content (AvgIpc) is 3.44. The third-order valence-electron chi connectivity index (χ3n) is 5.42. The molecule has 2 fully saturated rings. The summed E-state index contributed by atoms with van der Waals surface area (Å²) in [7, 11) is 0. The van der Waals surface area contributed by atoms with Crippen LogP contribution in [-0.4, -0.2) is 17.7 Å². The van der Waals surface area contributed by atoms with Gasteiger partial charge in [0.1, 0.15) is 10.8 Å². The number of hydrogen-bond acceptors (Lipinski definition) is 2. The Balaban J connectivity index is 1.48. The van der Waals surface area contributed by atoms with Crippen LogP contribution in [0.3, 0.4) is 0 Å². The minimum atomic E-state index is -0.123. The molecule has 132 valence electrons. The number of pyridine rings is 1. The average molecular weight is 361 g/mol. The summed E-state index contributed by atoms with van der Waals surface area (Å²) in [6.07, 6.45) is 6.00. The Bertz CT molecular complexity index is 823. The predicted octanol–water partition coefficient (Wildman–Crippen LogP) is 4.43. The molecule has 0 atom stereocenters. The predicted molar refractivity (Wildman–Crippen MR) is 99.0 cm³/mol. The highest BCUT2D eigenvalue weighted by Crippen LogP contribution is 2.34. The van der Waals surface area contributed by atoms with E-state index >= 15 is 0 Å². The molecule has 1 saturated carbocycles. The maximum absolute atomic E-state index is 14.0. The molecule has 0 unspecified atom stereocenters. The second-order valence-electron chi connectivity index (χ2n) is 7.20. The number of aromatic nitrogens is 1. The molecule has 2 aromatic rings. The summed E-state index contributed by atoms with van der Waals surface area (Å²) in [6, 6.07) is 8.97. The van der Waals surface area contributed by atoms with Crippen molar-refractivity contribution in [2.45, 2.75) is 38.1 Å². The Morgan fingerprint density at radius 3 is 2.48 bits per heavy atom. The van der Waals surface area contributed by atoms with E-state index < -0.39 is 0 Å². The van der Waals surface area contributed by atoms with Crippen LogP contribution < -0.4 is 10.5 Å². The number of piperidine rings is 1. The van der Waals surface area contributed by atoms with Crippen LogP contribution in [0.2, 0.25) is 5.02 Å².